The number of nitrogens with zero attached hydrogens (tertiary/aromatic N) is 1. The van der Waals surface area contributed by atoms with Crippen molar-refractivity contribution < 1.29 is 5.11 Å². The third-order valence-corrected chi connectivity index (χ3v) is 4.00. The number of phenolic OH excluding ortho intramolecular Hbond substituents is 1. The van der Waals surface area contributed by atoms with E-state index in [4.69, 9.17) is 23.2 Å². The molecule has 0 bridgehead atoms. The van der Waals surface area contributed by atoms with Crippen LogP contribution in [0.5, 0.6) is 5.75 Å². The van der Waals surface area contributed by atoms with Gasteiger partial charge in [0, 0.05) is 19.6 Å². The summed E-state index contributed by atoms with van der Waals surface area (Å²) in [5.41, 5.74) is 1.06. The molecule has 1 fully saturated rings. The minimum atomic E-state index is -0.0255. The van der Waals surface area contributed by atoms with E-state index in [9.17, 15) is 5.11 Å². The zero-order valence-electron chi connectivity index (χ0n) is 10.8. The molecule has 0 aliphatic carbocycles. The maximum atomic E-state index is 9.54. The fourth-order valence-electron chi connectivity index (χ4n) is 2.89. The minimum Gasteiger partial charge on any atom is -0.505 e. The topological polar surface area (TPSA) is 23.5 Å². The van der Waals surface area contributed by atoms with E-state index in [1.54, 1.807) is 12.1 Å². The Morgan fingerprint density at radius 3 is 2.17 bits per heavy atom. The largest absolute Gasteiger partial charge is 0.505 e. The molecule has 1 aromatic rings. The Balaban J connectivity index is 2.09. The number of benzene rings is 1. The number of hydrogen-bond donors (Lipinski definition) is 1. The Hall–Kier alpha value is -0.440. The van der Waals surface area contributed by atoms with Crippen molar-refractivity contribution in [2.45, 2.75) is 26.8 Å². The summed E-state index contributed by atoms with van der Waals surface area (Å²) in [6, 6.07) is 3.60. The molecule has 1 saturated heterocycles. The Morgan fingerprint density at radius 1 is 1.17 bits per heavy atom. The highest BCUT2D eigenvalue weighted by Gasteiger charge is 2.22. The summed E-state index contributed by atoms with van der Waals surface area (Å²) in [6.07, 6.45) is 1.30. The fraction of sp³-hybridized carbons (Fsp3) is 0.571. The number of hydrogen-bond acceptors (Lipinski definition) is 2. The van der Waals surface area contributed by atoms with Crippen LogP contribution in [0, 0.1) is 11.8 Å². The van der Waals surface area contributed by atoms with Crippen LogP contribution in [-0.4, -0.2) is 23.1 Å². The molecule has 0 unspecified atom stereocenters. The monoisotopic (exact) mass is 287 g/mol. The van der Waals surface area contributed by atoms with Crippen molar-refractivity contribution >= 4 is 23.2 Å². The minimum absolute atomic E-state index is 0.0255. The zero-order valence-corrected chi connectivity index (χ0v) is 12.3. The summed E-state index contributed by atoms with van der Waals surface area (Å²) in [7, 11) is 0. The first-order chi connectivity index (χ1) is 8.45. The molecular formula is C14H19Cl2NO. The molecule has 2 rings (SSSR count). The molecule has 100 valence electrons. The van der Waals surface area contributed by atoms with Gasteiger partial charge in [-0.05, 0) is 36.0 Å². The summed E-state index contributed by atoms with van der Waals surface area (Å²) in [5, 5.41) is 10.2. The smallest absolute Gasteiger partial charge is 0.152 e. The van der Waals surface area contributed by atoms with E-state index in [-0.39, 0.29) is 5.75 Å². The lowest BCUT2D eigenvalue weighted by molar-refractivity contribution is 0.134. The predicted molar refractivity (Wildman–Crippen MR) is 76.3 cm³/mol. The second-order valence-electron chi connectivity index (χ2n) is 5.55. The van der Waals surface area contributed by atoms with E-state index in [1.165, 1.54) is 6.42 Å². The van der Waals surface area contributed by atoms with Gasteiger partial charge >= 0.3 is 0 Å². The van der Waals surface area contributed by atoms with Gasteiger partial charge in [-0.2, -0.15) is 0 Å². The molecule has 1 aliphatic heterocycles. The first-order valence-electron chi connectivity index (χ1n) is 6.35. The van der Waals surface area contributed by atoms with Crippen LogP contribution in [0.25, 0.3) is 0 Å². The van der Waals surface area contributed by atoms with Gasteiger partial charge in [-0.25, -0.2) is 0 Å². The van der Waals surface area contributed by atoms with Gasteiger partial charge in [0.05, 0.1) is 10.0 Å². The van der Waals surface area contributed by atoms with E-state index in [0.29, 0.717) is 10.0 Å². The molecule has 18 heavy (non-hydrogen) atoms. The summed E-state index contributed by atoms with van der Waals surface area (Å²) in [6.45, 7) is 7.65. The molecular weight excluding hydrogens is 269 g/mol. The third kappa shape index (κ3) is 3.31. The molecule has 0 radical (unpaired) electrons. The number of phenols is 1. The van der Waals surface area contributed by atoms with E-state index in [1.807, 2.05) is 0 Å². The average Bonchev–Trinajstić information content (AvgIpc) is 2.24. The quantitative estimate of drug-likeness (QED) is 0.882. The van der Waals surface area contributed by atoms with Crippen molar-refractivity contribution in [1.82, 2.24) is 4.90 Å². The number of halogens is 2. The molecule has 0 amide bonds. The van der Waals surface area contributed by atoms with Gasteiger partial charge in [-0.3, -0.25) is 4.90 Å². The predicted octanol–water partition coefficient (Wildman–Crippen LogP) is 4.18. The third-order valence-electron chi connectivity index (χ3n) is 3.43. The van der Waals surface area contributed by atoms with Crippen LogP contribution in [0.1, 0.15) is 25.8 Å². The molecule has 1 N–H and O–H groups in total. The summed E-state index contributed by atoms with van der Waals surface area (Å²) >= 11 is 11.9. The zero-order chi connectivity index (χ0) is 13.3. The molecule has 1 heterocycles. The Labute approximate surface area is 119 Å². The second-order valence-corrected chi connectivity index (χ2v) is 6.36. The fourth-order valence-corrected chi connectivity index (χ4v) is 3.42. The van der Waals surface area contributed by atoms with E-state index in [0.717, 1.165) is 37.0 Å². The van der Waals surface area contributed by atoms with Crippen LogP contribution >= 0.6 is 23.2 Å². The van der Waals surface area contributed by atoms with Crippen molar-refractivity contribution in [2.75, 3.05) is 13.1 Å². The number of rotatable bonds is 2. The number of piperidine rings is 1. The summed E-state index contributed by atoms with van der Waals surface area (Å²) < 4.78 is 0. The van der Waals surface area contributed by atoms with Crippen LogP contribution in [-0.2, 0) is 6.54 Å². The SMILES string of the molecule is C[C@@H]1C[C@H](C)CN(Cc2cc(Cl)c(O)c(Cl)c2)C1. The Morgan fingerprint density at radius 2 is 1.67 bits per heavy atom. The van der Waals surface area contributed by atoms with Gasteiger partial charge in [0.25, 0.3) is 0 Å². The van der Waals surface area contributed by atoms with Crippen LogP contribution in [0.15, 0.2) is 12.1 Å². The summed E-state index contributed by atoms with van der Waals surface area (Å²) in [5.74, 6) is 1.44. The van der Waals surface area contributed by atoms with Crippen molar-refractivity contribution in [2.24, 2.45) is 11.8 Å². The molecule has 1 aliphatic rings. The maximum absolute atomic E-state index is 9.54. The molecule has 2 nitrogen and oxygen atoms in total. The van der Waals surface area contributed by atoms with Gasteiger partial charge in [0.2, 0.25) is 0 Å². The van der Waals surface area contributed by atoms with E-state index >= 15 is 0 Å². The van der Waals surface area contributed by atoms with Crippen LogP contribution in [0.4, 0.5) is 0 Å². The molecule has 0 aromatic heterocycles. The molecule has 4 heteroatoms. The highest BCUT2D eigenvalue weighted by molar-refractivity contribution is 6.37. The van der Waals surface area contributed by atoms with Crippen LogP contribution in [0.3, 0.4) is 0 Å². The van der Waals surface area contributed by atoms with Crippen molar-refractivity contribution in [1.29, 1.82) is 0 Å². The second kappa shape index (κ2) is 5.68. The van der Waals surface area contributed by atoms with Crippen molar-refractivity contribution in [3.05, 3.63) is 27.7 Å². The highest BCUT2D eigenvalue weighted by atomic mass is 35.5. The summed E-state index contributed by atoms with van der Waals surface area (Å²) in [4.78, 5) is 2.43. The highest BCUT2D eigenvalue weighted by Crippen LogP contribution is 2.33. The van der Waals surface area contributed by atoms with E-state index in [2.05, 4.69) is 18.7 Å². The van der Waals surface area contributed by atoms with Gasteiger partial charge in [0.1, 0.15) is 0 Å². The average molecular weight is 288 g/mol. The lowest BCUT2D eigenvalue weighted by Gasteiger charge is -2.35. The Kier molecular flexibility index (Phi) is 4.41. The van der Waals surface area contributed by atoms with Crippen molar-refractivity contribution in [3.63, 3.8) is 0 Å². The van der Waals surface area contributed by atoms with Crippen LogP contribution in [0.2, 0.25) is 10.0 Å². The van der Waals surface area contributed by atoms with E-state index < -0.39 is 0 Å². The van der Waals surface area contributed by atoms with Gasteiger partial charge in [-0.15, -0.1) is 0 Å². The standard InChI is InChI=1S/C14H19Cl2NO/c1-9-3-10(2)7-17(6-9)8-11-4-12(15)14(18)13(16)5-11/h4-5,9-10,18H,3,6-8H2,1-2H3/t9-,10+. The number of aromatic hydroxyl groups is 1. The lowest BCUT2D eigenvalue weighted by Crippen LogP contribution is -2.38. The molecule has 1 aromatic carbocycles. The normalized spacial score (nSPS) is 25.3. The Bertz CT molecular complexity index is 403. The van der Waals surface area contributed by atoms with Crippen LogP contribution < -0.4 is 0 Å². The molecule has 2 atom stereocenters. The van der Waals surface area contributed by atoms with Crippen molar-refractivity contribution in [3.8, 4) is 5.75 Å². The maximum Gasteiger partial charge on any atom is 0.152 e. The first-order valence-corrected chi connectivity index (χ1v) is 7.10. The van der Waals surface area contributed by atoms with Gasteiger partial charge < -0.3 is 5.11 Å². The lowest BCUT2D eigenvalue weighted by atomic mass is 9.91. The van der Waals surface area contributed by atoms with Gasteiger partial charge in [0.15, 0.2) is 5.75 Å². The first kappa shape index (κ1) is 14.0. The molecule has 0 saturated carbocycles. The van der Waals surface area contributed by atoms with Gasteiger partial charge in [-0.1, -0.05) is 37.0 Å². The molecule has 0 spiro atoms. The number of likely N-dealkylation sites (tertiary alicyclic amines) is 1.